The van der Waals surface area contributed by atoms with Gasteiger partial charge in [0.05, 0.1) is 5.69 Å². The van der Waals surface area contributed by atoms with Crippen LogP contribution in [0.3, 0.4) is 0 Å². The van der Waals surface area contributed by atoms with Gasteiger partial charge in [-0.3, -0.25) is 9.36 Å². The van der Waals surface area contributed by atoms with Gasteiger partial charge in [-0.15, -0.1) is 0 Å². The Morgan fingerprint density at radius 1 is 1.20 bits per heavy atom. The van der Waals surface area contributed by atoms with Crippen molar-refractivity contribution in [2.24, 2.45) is 0 Å². The highest BCUT2D eigenvalue weighted by Gasteiger charge is 2.23. The molecule has 3 N–H and O–H groups in total. The average molecular weight is 336 g/mol. The second-order valence-electron chi connectivity index (χ2n) is 6.63. The molecular weight excluding hydrogens is 316 g/mol. The van der Waals surface area contributed by atoms with Crippen molar-refractivity contribution in [1.82, 2.24) is 14.5 Å². The van der Waals surface area contributed by atoms with Crippen LogP contribution >= 0.6 is 0 Å². The van der Waals surface area contributed by atoms with Crippen molar-refractivity contribution in [3.8, 4) is 16.9 Å². The van der Waals surface area contributed by atoms with Gasteiger partial charge in [-0.2, -0.15) is 4.98 Å². The zero-order chi connectivity index (χ0) is 17.6. The Balaban J connectivity index is 2.08. The van der Waals surface area contributed by atoms with E-state index in [1.54, 1.807) is 22.8 Å². The van der Waals surface area contributed by atoms with Gasteiger partial charge in [-0.1, -0.05) is 25.0 Å². The van der Waals surface area contributed by atoms with Crippen molar-refractivity contribution in [1.29, 1.82) is 0 Å². The first kappa shape index (κ1) is 15.6. The molecule has 0 unspecified atom stereocenters. The van der Waals surface area contributed by atoms with Gasteiger partial charge in [0.2, 0.25) is 5.95 Å². The Morgan fingerprint density at radius 3 is 2.68 bits per heavy atom. The molecule has 1 aliphatic rings. The standard InChI is InChI=1S/C19H20N4O2/c1-11-15-10-16(12-5-4-8-14(24)9-12)18(25)23(13-6-2-3-7-13)17(15)22-19(20)21-11/h4-5,8-10,13,24H,2-3,6-7H2,1H3,(H2,20,21,22). The van der Waals surface area contributed by atoms with E-state index in [2.05, 4.69) is 9.97 Å². The third kappa shape index (κ3) is 2.63. The molecule has 0 amide bonds. The Labute approximate surface area is 145 Å². The van der Waals surface area contributed by atoms with Gasteiger partial charge in [0, 0.05) is 17.0 Å². The molecule has 1 fully saturated rings. The highest BCUT2D eigenvalue weighted by molar-refractivity contribution is 5.84. The van der Waals surface area contributed by atoms with Gasteiger partial charge in [-0.05, 0) is 43.5 Å². The monoisotopic (exact) mass is 336 g/mol. The molecule has 0 radical (unpaired) electrons. The van der Waals surface area contributed by atoms with Crippen LogP contribution in [0.1, 0.15) is 37.4 Å². The summed E-state index contributed by atoms with van der Waals surface area (Å²) in [7, 11) is 0. The fourth-order valence-electron chi connectivity index (χ4n) is 3.75. The highest BCUT2D eigenvalue weighted by Crippen LogP contribution is 2.32. The molecule has 1 saturated carbocycles. The van der Waals surface area contributed by atoms with Crippen molar-refractivity contribution in [2.75, 3.05) is 5.73 Å². The lowest BCUT2D eigenvalue weighted by Crippen LogP contribution is -2.26. The molecule has 128 valence electrons. The van der Waals surface area contributed by atoms with Crippen molar-refractivity contribution in [2.45, 2.75) is 38.6 Å². The molecule has 0 aliphatic heterocycles. The Bertz CT molecular complexity index is 1020. The number of benzene rings is 1. The summed E-state index contributed by atoms with van der Waals surface area (Å²) < 4.78 is 1.78. The summed E-state index contributed by atoms with van der Waals surface area (Å²) in [5, 5.41) is 10.6. The quantitative estimate of drug-likeness (QED) is 0.749. The number of aryl methyl sites for hydroxylation is 1. The van der Waals surface area contributed by atoms with Crippen molar-refractivity contribution in [3.63, 3.8) is 0 Å². The summed E-state index contributed by atoms with van der Waals surface area (Å²) in [6, 6.07) is 8.70. The SMILES string of the molecule is Cc1nc(N)nc2c1cc(-c1cccc(O)c1)c(=O)n2C1CCCC1. The lowest BCUT2D eigenvalue weighted by atomic mass is 10.0. The lowest BCUT2D eigenvalue weighted by Gasteiger charge is -2.19. The molecule has 0 atom stereocenters. The molecule has 2 aromatic heterocycles. The fraction of sp³-hybridized carbons (Fsp3) is 0.316. The van der Waals surface area contributed by atoms with Crippen LogP contribution in [-0.2, 0) is 0 Å². The van der Waals surface area contributed by atoms with E-state index in [-0.39, 0.29) is 23.3 Å². The molecule has 0 saturated heterocycles. The molecule has 4 rings (SSSR count). The van der Waals surface area contributed by atoms with Crippen molar-refractivity contribution in [3.05, 3.63) is 46.4 Å². The molecule has 25 heavy (non-hydrogen) atoms. The van der Waals surface area contributed by atoms with E-state index in [1.165, 1.54) is 0 Å². The van der Waals surface area contributed by atoms with Crippen LogP contribution < -0.4 is 11.3 Å². The number of aromatic hydroxyl groups is 1. The van der Waals surface area contributed by atoms with E-state index in [9.17, 15) is 9.90 Å². The molecule has 1 aliphatic carbocycles. The Morgan fingerprint density at radius 2 is 1.96 bits per heavy atom. The number of nitrogens with zero attached hydrogens (tertiary/aromatic N) is 3. The van der Waals surface area contributed by atoms with Crippen molar-refractivity contribution < 1.29 is 5.11 Å². The normalized spacial score (nSPS) is 15.1. The maximum absolute atomic E-state index is 13.3. The van der Waals surface area contributed by atoms with E-state index in [1.807, 2.05) is 19.1 Å². The molecule has 0 bridgehead atoms. The van der Waals surface area contributed by atoms with Crippen LogP contribution in [0.2, 0.25) is 0 Å². The molecular formula is C19H20N4O2. The Hall–Kier alpha value is -2.89. The molecule has 1 aromatic carbocycles. The van der Waals surface area contributed by atoms with Crippen molar-refractivity contribution >= 4 is 17.0 Å². The molecule has 6 heteroatoms. The van der Waals surface area contributed by atoms with E-state index < -0.39 is 0 Å². The van der Waals surface area contributed by atoms with Crippen LogP contribution in [0.25, 0.3) is 22.2 Å². The number of nitrogens with two attached hydrogens (primary N) is 1. The van der Waals surface area contributed by atoms with E-state index in [0.717, 1.165) is 36.8 Å². The van der Waals surface area contributed by atoms with Crippen LogP contribution in [-0.4, -0.2) is 19.6 Å². The topological polar surface area (TPSA) is 94.0 Å². The molecule has 2 heterocycles. The first-order valence-corrected chi connectivity index (χ1v) is 8.53. The maximum atomic E-state index is 13.3. The number of nitrogen functional groups attached to an aromatic ring is 1. The molecule has 3 aromatic rings. The molecule has 6 nitrogen and oxygen atoms in total. The third-order valence-electron chi connectivity index (χ3n) is 4.95. The number of aromatic nitrogens is 3. The van der Waals surface area contributed by atoms with Gasteiger partial charge < -0.3 is 10.8 Å². The van der Waals surface area contributed by atoms with Gasteiger partial charge >= 0.3 is 0 Å². The number of hydrogen-bond acceptors (Lipinski definition) is 5. The number of phenolic OH excluding ortho intramolecular Hbond substituents is 1. The first-order valence-electron chi connectivity index (χ1n) is 8.53. The lowest BCUT2D eigenvalue weighted by molar-refractivity contribution is 0.475. The largest absolute Gasteiger partial charge is 0.508 e. The predicted molar refractivity (Wildman–Crippen MR) is 97.6 cm³/mol. The number of anilines is 1. The maximum Gasteiger partial charge on any atom is 0.260 e. The second-order valence-corrected chi connectivity index (χ2v) is 6.63. The zero-order valence-corrected chi connectivity index (χ0v) is 14.1. The van der Waals surface area contributed by atoms with Gasteiger partial charge in [0.1, 0.15) is 11.4 Å². The minimum Gasteiger partial charge on any atom is -0.508 e. The number of hydrogen-bond donors (Lipinski definition) is 2. The summed E-state index contributed by atoms with van der Waals surface area (Å²) in [6.07, 6.45) is 4.13. The summed E-state index contributed by atoms with van der Waals surface area (Å²) in [5.74, 6) is 0.316. The van der Waals surface area contributed by atoms with Gasteiger partial charge in [-0.25, -0.2) is 4.98 Å². The number of pyridine rings is 1. The first-order chi connectivity index (χ1) is 12.0. The molecule has 0 spiro atoms. The average Bonchev–Trinajstić information content (AvgIpc) is 3.08. The highest BCUT2D eigenvalue weighted by atomic mass is 16.3. The second kappa shape index (κ2) is 5.88. The predicted octanol–water partition coefficient (Wildman–Crippen LogP) is 3.17. The summed E-state index contributed by atoms with van der Waals surface area (Å²) >= 11 is 0. The number of rotatable bonds is 2. The zero-order valence-electron chi connectivity index (χ0n) is 14.1. The van der Waals surface area contributed by atoms with Gasteiger partial charge in [0.15, 0.2) is 0 Å². The minimum absolute atomic E-state index is 0.0949. The number of phenols is 1. The van der Waals surface area contributed by atoms with E-state index in [0.29, 0.717) is 16.8 Å². The summed E-state index contributed by atoms with van der Waals surface area (Å²) in [5.41, 5.74) is 8.33. The summed E-state index contributed by atoms with van der Waals surface area (Å²) in [6.45, 7) is 1.87. The van der Waals surface area contributed by atoms with Crippen LogP contribution in [0.4, 0.5) is 5.95 Å². The van der Waals surface area contributed by atoms with Crippen LogP contribution in [0, 0.1) is 6.92 Å². The fourth-order valence-corrected chi connectivity index (χ4v) is 3.75. The van der Waals surface area contributed by atoms with E-state index in [4.69, 9.17) is 5.73 Å². The van der Waals surface area contributed by atoms with Crippen LogP contribution in [0.5, 0.6) is 5.75 Å². The summed E-state index contributed by atoms with van der Waals surface area (Å²) in [4.78, 5) is 21.9. The smallest absolute Gasteiger partial charge is 0.260 e. The van der Waals surface area contributed by atoms with E-state index >= 15 is 0 Å². The Kier molecular flexibility index (Phi) is 3.67. The van der Waals surface area contributed by atoms with Crippen LogP contribution in [0.15, 0.2) is 35.1 Å². The third-order valence-corrected chi connectivity index (χ3v) is 4.95. The number of fused-ring (bicyclic) bond motifs is 1. The minimum atomic E-state index is -0.0949. The van der Waals surface area contributed by atoms with Gasteiger partial charge in [0.25, 0.3) is 5.56 Å².